The number of halogens is 13. The van der Waals surface area contributed by atoms with Gasteiger partial charge >= 0.3 is 48.6 Å². The number of amides is 1. The Morgan fingerprint density at radius 1 is 0.612 bits per heavy atom. The van der Waals surface area contributed by atoms with Crippen molar-refractivity contribution < 1.29 is 101 Å². The quantitative estimate of drug-likeness (QED) is 0.134. The smallest absolute Gasteiger partial charge is 0.475 e. The van der Waals surface area contributed by atoms with E-state index in [4.69, 9.17) is 39.6 Å². The van der Waals surface area contributed by atoms with Crippen molar-refractivity contribution in [2.24, 2.45) is 0 Å². The van der Waals surface area contributed by atoms with Crippen molar-refractivity contribution in [2.75, 3.05) is 52.9 Å². The Morgan fingerprint density at radius 3 is 1.52 bits per heavy atom. The lowest BCUT2D eigenvalue weighted by Crippen LogP contribution is -2.48. The van der Waals surface area contributed by atoms with Gasteiger partial charge in [0, 0.05) is 82.6 Å². The predicted molar refractivity (Wildman–Crippen MR) is 210 cm³/mol. The molecular weight excluding hydrogens is 941 g/mol. The van der Waals surface area contributed by atoms with Crippen LogP contribution in [-0.4, -0.2) is 149 Å². The number of likely N-dealkylation sites (N-methyl/N-ethyl adjacent to an activating group) is 1. The molecule has 2 fully saturated rings. The van der Waals surface area contributed by atoms with Gasteiger partial charge in [-0.15, -0.1) is 0 Å². The molecule has 0 radical (unpaired) electrons. The van der Waals surface area contributed by atoms with E-state index in [1.165, 1.54) is 11.6 Å². The summed E-state index contributed by atoms with van der Waals surface area (Å²) in [6.07, 6.45) is -20.3. The van der Waals surface area contributed by atoms with Gasteiger partial charge in [-0.1, -0.05) is 36.4 Å². The molecule has 0 aromatic heterocycles. The minimum atomic E-state index is -5.08. The summed E-state index contributed by atoms with van der Waals surface area (Å²) in [6, 6.07) is 21.6. The first-order valence-corrected chi connectivity index (χ1v) is 19.0. The van der Waals surface area contributed by atoms with Gasteiger partial charge in [0.1, 0.15) is 5.82 Å². The zero-order valence-electron chi connectivity index (χ0n) is 35.1. The number of nitrogens with zero attached hydrogens (tertiary/aromatic N) is 3. The molecule has 0 bridgehead atoms. The number of nitrogens with one attached hydrogen (secondary N) is 2. The largest absolute Gasteiger partial charge is 0.490 e. The van der Waals surface area contributed by atoms with Gasteiger partial charge in [0.25, 0.3) is 5.91 Å². The number of carboxylic acid groups (broad SMARTS) is 4. The summed E-state index contributed by atoms with van der Waals surface area (Å²) >= 11 is 0. The molecule has 2 heterocycles. The topological polar surface area (TPSA) is 200 Å². The molecule has 3 aromatic rings. The zero-order valence-corrected chi connectivity index (χ0v) is 35.1. The van der Waals surface area contributed by atoms with E-state index in [1.807, 2.05) is 36.4 Å². The number of alkyl halides is 12. The monoisotopic (exact) mass is 985 g/mol. The van der Waals surface area contributed by atoms with Crippen molar-refractivity contribution >= 4 is 29.8 Å². The molecule has 27 heteroatoms. The molecule has 2 aliphatic heterocycles. The highest BCUT2D eigenvalue weighted by atomic mass is 19.4. The summed E-state index contributed by atoms with van der Waals surface area (Å²) in [5.41, 5.74) is 5.26. The average molecular weight is 986 g/mol. The third-order valence-corrected chi connectivity index (χ3v) is 8.74. The SMILES string of the molecule is C[C@H]1CN(Cc2cccc(-c3cc(CNC(=O)c4cccc(CN5CCN(C)CC5)c4)ccc3F)c2)CCN1.O=C(O)C(F)(F)F.O=C(O)C(F)(F)F.O=C(O)C(F)(F)F.O=C(O)C(F)(F)F. The summed E-state index contributed by atoms with van der Waals surface area (Å²) in [7, 11) is 2.15. The van der Waals surface area contributed by atoms with Gasteiger partial charge < -0.3 is 36.0 Å². The van der Waals surface area contributed by atoms with Crippen LogP contribution in [0.4, 0.5) is 57.1 Å². The first kappa shape index (κ1) is 59.0. The third kappa shape index (κ3) is 23.8. The molecule has 14 nitrogen and oxygen atoms in total. The molecule has 0 saturated carbocycles. The maximum absolute atomic E-state index is 14.9. The molecule has 1 amide bonds. The second-order valence-electron chi connectivity index (χ2n) is 14.3. The molecule has 67 heavy (non-hydrogen) atoms. The van der Waals surface area contributed by atoms with Crippen LogP contribution in [0.2, 0.25) is 0 Å². The van der Waals surface area contributed by atoms with E-state index in [0.717, 1.165) is 75.6 Å². The fraction of sp³-hybridized carbons (Fsp3) is 0.425. The highest BCUT2D eigenvalue weighted by Gasteiger charge is 2.40. The van der Waals surface area contributed by atoms with E-state index < -0.39 is 48.6 Å². The van der Waals surface area contributed by atoms with Crippen LogP contribution < -0.4 is 10.6 Å². The van der Waals surface area contributed by atoms with Crippen molar-refractivity contribution in [1.29, 1.82) is 0 Å². The van der Waals surface area contributed by atoms with E-state index in [0.29, 0.717) is 23.7 Å². The van der Waals surface area contributed by atoms with Crippen molar-refractivity contribution in [1.82, 2.24) is 25.3 Å². The van der Waals surface area contributed by atoms with E-state index in [2.05, 4.69) is 57.5 Å². The number of hydrogen-bond donors (Lipinski definition) is 6. The fourth-order valence-electron chi connectivity index (χ4n) is 5.51. The number of piperazine rings is 2. The number of rotatable bonds is 8. The van der Waals surface area contributed by atoms with E-state index in [9.17, 15) is 61.9 Å². The predicted octanol–water partition coefficient (Wildman–Crippen LogP) is 6.50. The Kier molecular flexibility index (Phi) is 23.2. The normalized spacial score (nSPS) is 15.9. The molecule has 6 N–H and O–H groups in total. The number of benzene rings is 3. The molecule has 374 valence electrons. The van der Waals surface area contributed by atoms with Crippen LogP contribution in [-0.2, 0) is 38.8 Å². The van der Waals surface area contributed by atoms with Crippen molar-refractivity contribution in [2.45, 2.75) is 57.3 Å². The molecule has 2 aliphatic rings. The minimum Gasteiger partial charge on any atom is -0.475 e. The highest BCUT2D eigenvalue weighted by molar-refractivity contribution is 5.94. The van der Waals surface area contributed by atoms with E-state index in [1.54, 1.807) is 6.07 Å². The Labute approximate surface area is 372 Å². The van der Waals surface area contributed by atoms with Gasteiger partial charge in [0.05, 0.1) is 0 Å². The molecule has 0 aliphatic carbocycles. The van der Waals surface area contributed by atoms with Crippen LogP contribution in [0.15, 0.2) is 66.7 Å². The molecule has 1 atom stereocenters. The van der Waals surface area contributed by atoms with Gasteiger partial charge in [-0.2, -0.15) is 52.7 Å². The second kappa shape index (κ2) is 26.3. The zero-order chi connectivity index (χ0) is 51.5. The number of hydrogen-bond acceptors (Lipinski definition) is 9. The fourth-order valence-corrected chi connectivity index (χ4v) is 5.51. The summed E-state index contributed by atoms with van der Waals surface area (Å²) < 4.78 is 142. The van der Waals surface area contributed by atoms with Gasteiger partial charge in [0.15, 0.2) is 0 Å². The summed E-state index contributed by atoms with van der Waals surface area (Å²) in [5.74, 6) is -11.4. The number of aliphatic carboxylic acids is 4. The molecule has 2 saturated heterocycles. The highest BCUT2D eigenvalue weighted by Crippen LogP contribution is 2.26. The summed E-state index contributed by atoms with van der Waals surface area (Å²) in [5, 5.41) is 35.0. The lowest BCUT2D eigenvalue weighted by atomic mass is 10.00. The minimum absolute atomic E-state index is 0.117. The van der Waals surface area contributed by atoms with Gasteiger partial charge in [-0.3, -0.25) is 14.6 Å². The van der Waals surface area contributed by atoms with E-state index >= 15 is 0 Å². The molecule has 3 aromatic carbocycles. The Balaban J connectivity index is 0.000000648. The Morgan fingerprint density at radius 2 is 1.06 bits per heavy atom. The number of carbonyl (C=O) groups excluding carboxylic acids is 1. The first-order valence-electron chi connectivity index (χ1n) is 19.0. The Bertz CT molecular complexity index is 2000. The lowest BCUT2D eigenvalue weighted by molar-refractivity contribution is -0.193. The summed E-state index contributed by atoms with van der Waals surface area (Å²) in [4.78, 5) is 55.8. The van der Waals surface area contributed by atoms with Crippen LogP contribution >= 0.6 is 0 Å². The average Bonchev–Trinajstić information content (AvgIpc) is 3.21. The van der Waals surface area contributed by atoms with Crippen molar-refractivity contribution in [3.8, 4) is 11.1 Å². The third-order valence-electron chi connectivity index (χ3n) is 8.74. The maximum atomic E-state index is 14.9. The molecule has 0 unspecified atom stereocenters. The van der Waals surface area contributed by atoms with Gasteiger partial charge in [-0.25, -0.2) is 23.6 Å². The van der Waals surface area contributed by atoms with Crippen LogP contribution in [0.5, 0.6) is 0 Å². The van der Waals surface area contributed by atoms with Crippen LogP contribution in [0.3, 0.4) is 0 Å². The van der Waals surface area contributed by atoms with E-state index in [-0.39, 0.29) is 11.7 Å². The van der Waals surface area contributed by atoms with Crippen molar-refractivity contribution in [3.63, 3.8) is 0 Å². The number of carboxylic acids is 4. The lowest BCUT2D eigenvalue weighted by Gasteiger charge is -2.32. The van der Waals surface area contributed by atoms with Crippen LogP contribution in [0.25, 0.3) is 11.1 Å². The molecular formula is C40H44F13N5O9. The van der Waals surface area contributed by atoms with Gasteiger partial charge in [-0.05, 0) is 66.6 Å². The first-order chi connectivity index (χ1) is 30.7. The van der Waals surface area contributed by atoms with Crippen LogP contribution in [0, 0.1) is 5.82 Å². The second-order valence-corrected chi connectivity index (χ2v) is 14.3. The van der Waals surface area contributed by atoms with Gasteiger partial charge in [0.2, 0.25) is 0 Å². The van der Waals surface area contributed by atoms with Crippen molar-refractivity contribution in [3.05, 3.63) is 94.8 Å². The number of carbonyl (C=O) groups is 5. The molecule has 5 rings (SSSR count). The van der Waals surface area contributed by atoms with Crippen LogP contribution in [0.1, 0.15) is 34.0 Å². The summed E-state index contributed by atoms with van der Waals surface area (Å²) in [6.45, 7) is 11.5. The standard InChI is InChI=1S/C32H40FN5O.4C2HF3O2/c1-24-21-38(12-11-34-24)23-26-5-3-7-28(17-26)30-19-25(9-10-31(30)33)20-35-32(39)29-8-4-6-27(18-29)22-37-15-13-36(2)14-16-37;4*3-2(4,5)1(6)7/h3-10,17-19,24,34H,11-16,20-23H2,1-2H3,(H,35,39);4*(H,6,7)/t24-;;;;/m0..../s1. The maximum Gasteiger partial charge on any atom is 0.490 e. The molecule has 0 spiro atoms. The Hall–Kier alpha value is -6.06.